The largest absolute Gasteiger partial charge is 0.466 e. The second kappa shape index (κ2) is 6.33. The van der Waals surface area contributed by atoms with Gasteiger partial charge in [0, 0.05) is 29.3 Å². The molecule has 1 fully saturated rings. The fraction of sp³-hybridized carbons (Fsp3) is 0.435. The van der Waals surface area contributed by atoms with Gasteiger partial charge in [-0.1, -0.05) is 45.8 Å². The number of ether oxygens (including phenoxy) is 2. The summed E-state index contributed by atoms with van der Waals surface area (Å²) >= 11 is 3.63. The van der Waals surface area contributed by atoms with Crippen LogP contribution in [0.4, 0.5) is 0 Å². The lowest BCUT2D eigenvalue weighted by molar-refractivity contribution is -0.212. The van der Waals surface area contributed by atoms with Crippen LogP contribution < -0.4 is 4.74 Å². The van der Waals surface area contributed by atoms with E-state index in [1.165, 1.54) is 16.7 Å². The van der Waals surface area contributed by atoms with Gasteiger partial charge in [0.2, 0.25) is 5.72 Å². The van der Waals surface area contributed by atoms with E-state index in [4.69, 9.17) is 14.6 Å². The summed E-state index contributed by atoms with van der Waals surface area (Å²) < 4.78 is 13.8. The molecule has 3 aliphatic rings. The Kier molecular flexibility index (Phi) is 4.11. The number of benzene rings is 2. The Bertz CT molecular complexity index is 954. The molecule has 5 rings (SSSR count). The van der Waals surface area contributed by atoms with Crippen molar-refractivity contribution in [3.05, 3.63) is 63.6 Å². The number of hydrogen-bond acceptors (Lipinski definition) is 4. The van der Waals surface area contributed by atoms with E-state index in [0.717, 1.165) is 35.2 Å². The number of hydrogen-bond donors (Lipinski definition) is 0. The maximum atomic E-state index is 6.69. The molecule has 0 unspecified atom stereocenters. The molecule has 0 saturated carbocycles. The third kappa shape index (κ3) is 2.96. The molecule has 0 aliphatic carbocycles. The molecule has 28 heavy (non-hydrogen) atoms. The standard InChI is InChI=1S/C23H25BrN2O2/c1-15-4-6-16(7-5-15)19-13-20-18-12-17(24)8-9-21(18)28-23(26(20)25-19)10-11-27-22(2,3)14-23/h4-9,12,20H,10-11,13-14H2,1-3H3/t20-,23-/m0/s1. The molecular formula is C23H25BrN2O2. The minimum absolute atomic E-state index is 0.187. The fourth-order valence-corrected chi connectivity index (χ4v) is 5.13. The Labute approximate surface area is 174 Å². The summed E-state index contributed by atoms with van der Waals surface area (Å²) in [7, 11) is 0. The zero-order valence-electron chi connectivity index (χ0n) is 16.5. The predicted molar refractivity (Wildman–Crippen MR) is 114 cm³/mol. The molecule has 0 aromatic heterocycles. The summed E-state index contributed by atoms with van der Waals surface area (Å²) in [4.78, 5) is 0. The van der Waals surface area contributed by atoms with Crippen molar-refractivity contribution in [2.75, 3.05) is 6.61 Å². The highest BCUT2D eigenvalue weighted by atomic mass is 79.9. The Morgan fingerprint density at radius 1 is 1.14 bits per heavy atom. The highest BCUT2D eigenvalue weighted by Gasteiger charge is 2.54. The highest BCUT2D eigenvalue weighted by molar-refractivity contribution is 9.10. The molecule has 2 aromatic rings. The van der Waals surface area contributed by atoms with Crippen molar-refractivity contribution in [1.82, 2.24) is 5.01 Å². The lowest BCUT2D eigenvalue weighted by Gasteiger charge is -2.52. The van der Waals surface area contributed by atoms with E-state index in [9.17, 15) is 0 Å². The van der Waals surface area contributed by atoms with E-state index in [2.05, 4.69) is 84.2 Å². The zero-order valence-corrected chi connectivity index (χ0v) is 18.1. The summed E-state index contributed by atoms with van der Waals surface area (Å²) in [6, 6.07) is 15.2. The fourth-order valence-electron chi connectivity index (χ4n) is 4.75. The van der Waals surface area contributed by atoms with Crippen LogP contribution in [0.25, 0.3) is 0 Å². The van der Waals surface area contributed by atoms with E-state index in [1.54, 1.807) is 0 Å². The highest BCUT2D eigenvalue weighted by Crippen LogP contribution is 2.52. The van der Waals surface area contributed by atoms with Crippen molar-refractivity contribution in [3.63, 3.8) is 0 Å². The summed E-state index contributed by atoms with van der Waals surface area (Å²) in [5.41, 5.74) is 4.09. The normalized spacial score (nSPS) is 27.8. The smallest absolute Gasteiger partial charge is 0.203 e. The molecule has 3 aliphatic heterocycles. The van der Waals surface area contributed by atoms with Crippen LogP contribution in [0.2, 0.25) is 0 Å². The number of hydrazone groups is 1. The zero-order chi connectivity index (χ0) is 19.5. The van der Waals surface area contributed by atoms with Gasteiger partial charge in [0.15, 0.2) is 0 Å². The van der Waals surface area contributed by atoms with Gasteiger partial charge in [0.25, 0.3) is 0 Å². The van der Waals surface area contributed by atoms with Crippen LogP contribution in [0.1, 0.15) is 55.8 Å². The van der Waals surface area contributed by atoms with Crippen molar-refractivity contribution in [1.29, 1.82) is 0 Å². The first-order valence-electron chi connectivity index (χ1n) is 9.92. The van der Waals surface area contributed by atoms with E-state index in [0.29, 0.717) is 6.61 Å². The van der Waals surface area contributed by atoms with E-state index >= 15 is 0 Å². The third-order valence-corrected chi connectivity index (χ3v) is 6.52. The number of halogens is 1. The minimum Gasteiger partial charge on any atom is -0.466 e. The van der Waals surface area contributed by atoms with E-state index in [-0.39, 0.29) is 11.6 Å². The van der Waals surface area contributed by atoms with Gasteiger partial charge in [0.05, 0.1) is 24.0 Å². The lowest BCUT2D eigenvalue weighted by Crippen LogP contribution is -2.60. The van der Waals surface area contributed by atoms with Gasteiger partial charge in [0.1, 0.15) is 5.75 Å². The molecule has 2 atom stereocenters. The van der Waals surface area contributed by atoms with Crippen LogP contribution >= 0.6 is 15.9 Å². The van der Waals surface area contributed by atoms with Crippen LogP contribution in [0.3, 0.4) is 0 Å². The minimum atomic E-state index is -0.459. The number of fused-ring (bicyclic) bond motifs is 4. The Balaban J connectivity index is 1.61. The van der Waals surface area contributed by atoms with Gasteiger partial charge < -0.3 is 9.47 Å². The molecule has 0 bridgehead atoms. The lowest BCUT2D eigenvalue weighted by atomic mass is 9.86. The number of nitrogens with zero attached hydrogens (tertiary/aromatic N) is 2. The average Bonchev–Trinajstić information content (AvgIpc) is 3.09. The summed E-state index contributed by atoms with van der Waals surface area (Å²) in [5, 5.41) is 7.37. The first-order valence-corrected chi connectivity index (χ1v) is 10.7. The summed E-state index contributed by atoms with van der Waals surface area (Å²) in [6.45, 7) is 7.08. The SMILES string of the molecule is Cc1ccc(C2=NN3[C@@H](C2)c2cc(Br)ccc2O[C@]32CCOC(C)(C)C2)cc1. The molecule has 1 spiro atoms. The average molecular weight is 441 g/mol. The molecule has 0 N–H and O–H groups in total. The van der Waals surface area contributed by atoms with E-state index < -0.39 is 5.72 Å². The van der Waals surface area contributed by atoms with Crippen LogP contribution in [0.15, 0.2) is 52.0 Å². The molecule has 0 radical (unpaired) electrons. The van der Waals surface area contributed by atoms with Crippen LogP contribution in [-0.4, -0.2) is 28.7 Å². The maximum absolute atomic E-state index is 6.69. The molecule has 3 heterocycles. The first-order chi connectivity index (χ1) is 13.4. The molecular weight excluding hydrogens is 416 g/mol. The number of aryl methyl sites for hydroxylation is 1. The van der Waals surface area contributed by atoms with Gasteiger partial charge >= 0.3 is 0 Å². The van der Waals surface area contributed by atoms with Crippen LogP contribution in [-0.2, 0) is 4.74 Å². The monoisotopic (exact) mass is 440 g/mol. The van der Waals surface area contributed by atoms with Gasteiger partial charge in [-0.15, -0.1) is 0 Å². The van der Waals surface area contributed by atoms with Crippen molar-refractivity contribution >= 4 is 21.6 Å². The first kappa shape index (κ1) is 18.2. The molecule has 1 saturated heterocycles. The summed E-state index contributed by atoms with van der Waals surface area (Å²) in [5.74, 6) is 0.975. The predicted octanol–water partition coefficient (Wildman–Crippen LogP) is 5.59. The van der Waals surface area contributed by atoms with Crippen LogP contribution in [0.5, 0.6) is 5.75 Å². The Morgan fingerprint density at radius 2 is 1.93 bits per heavy atom. The van der Waals surface area contributed by atoms with Crippen molar-refractivity contribution < 1.29 is 9.47 Å². The van der Waals surface area contributed by atoms with Crippen molar-refractivity contribution in [3.8, 4) is 5.75 Å². The van der Waals surface area contributed by atoms with Crippen molar-refractivity contribution in [2.24, 2.45) is 5.10 Å². The second-order valence-corrected chi connectivity index (χ2v) is 9.66. The van der Waals surface area contributed by atoms with Gasteiger partial charge in [-0.05, 0) is 44.5 Å². The maximum Gasteiger partial charge on any atom is 0.203 e. The van der Waals surface area contributed by atoms with Gasteiger partial charge in [-0.3, -0.25) is 0 Å². The van der Waals surface area contributed by atoms with Crippen LogP contribution in [0, 0.1) is 6.92 Å². The Hall–Kier alpha value is -1.85. The molecule has 146 valence electrons. The quantitative estimate of drug-likeness (QED) is 0.579. The molecule has 0 amide bonds. The van der Waals surface area contributed by atoms with Gasteiger partial charge in [-0.2, -0.15) is 5.10 Å². The van der Waals surface area contributed by atoms with Gasteiger partial charge in [-0.25, -0.2) is 5.01 Å². The molecule has 2 aromatic carbocycles. The second-order valence-electron chi connectivity index (χ2n) is 8.74. The third-order valence-electron chi connectivity index (χ3n) is 6.03. The van der Waals surface area contributed by atoms with Crippen molar-refractivity contribution in [2.45, 2.75) is 57.4 Å². The Morgan fingerprint density at radius 3 is 2.68 bits per heavy atom. The molecule has 5 heteroatoms. The topological polar surface area (TPSA) is 34.1 Å². The summed E-state index contributed by atoms with van der Waals surface area (Å²) in [6.07, 6.45) is 2.49. The van der Waals surface area contributed by atoms with E-state index in [1.807, 2.05) is 0 Å². The number of rotatable bonds is 1. The molecule has 4 nitrogen and oxygen atoms in total.